The molecular weight excluding hydrogens is 271 g/mol. The lowest BCUT2D eigenvalue weighted by molar-refractivity contribution is 0.297. The Kier molecular flexibility index (Phi) is 3.43. The van der Waals surface area contributed by atoms with Crippen LogP contribution in [0.1, 0.15) is 31.2 Å². The van der Waals surface area contributed by atoms with Gasteiger partial charge >= 0.3 is 0 Å². The summed E-state index contributed by atoms with van der Waals surface area (Å²) in [5.74, 6) is -3.63. The van der Waals surface area contributed by atoms with Crippen LogP contribution < -0.4 is 5.32 Å². The van der Waals surface area contributed by atoms with Gasteiger partial charge < -0.3 is 9.84 Å². The molecule has 1 aliphatic rings. The molecule has 2 aromatic rings. The number of benzene rings is 1. The van der Waals surface area contributed by atoms with Crippen LogP contribution >= 0.6 is 0 Å². The average Bonchev–Trinajstić information content (AvgIpc) is 2.95. The summed E-state index contributed by atoms with van der Waals surface area (Å²) in [7, 11) is 0. The molecule has 0 amide bonds. The van der Waals surface area contributed by atoms with E-state index in [1.165, 1.54) is 0 Å². The SMILES string of the molecule is Fc1cc(-c2noc([C@H]3CCCCN3)n2)cc(F)c1F. The number of hydrogen-bond donors (Lipinski definition) is 1. The molecule has 4 nitrogen and oxygen atoms in total. The van der Waals surface area contributed by atoms with Gasteiger partial charge in [0.05, 0.1) is 6.04 Å². The van der Waals surface area contributed by atoms with E-state index >= 15 is 0 Å². The number of nitrogens with one attached hydrogen (secondary N) is 1. The van der Waals surface area contributed by atoms with Crippen LogP contribution in [0.25, 0.3) is 11.4 Å². The highest BCUT2D eigenvalue weighted by Crippen LogP contribution is 2.25. The Morgan fingerprint density at radius 3 is 2.55 bits per heavy atom. The standard InChI is InChI=1S/C13H12F3N3O/c14-8-5-7(6-9(15)11(8)16)12-18-13(20-19-12)10-3-1-2-4-17-10/h5-6,10,17H,1-4H2/t10-/m1/s1. The Balaban J connectivity index is 1.89. The summed E-state index contributed by atoms with van der Waals surface area (Å²) in [6, 6.07) is 1.66. The number of rotatable bonds is 2. The zero-order valence-electron chi connectivity index (χ0n) is 10.5. The molecule has 20 heavy (non-hydrogen) atoms. The lowest BCUT2D eigenvalue weighted by Gasteiger charge is -2.19. The third-order valence-electron chi connectivity index (χ3n) is 3.29. The van der Waals surface area contributed by atoms with E-state index in [-0.39, 0.29) is 17.4 Å². The summed E-state index contributed by atoms with van der Waals surface area (Å²) >= 11 is 0. The molecule has 1 saturated heterocycles. The number of aromatic nitrogens is 2. The molecule has 0 bridgehead atoms. The highest BCUT2D eigenvalue weighted by Gasteiger charge is 2.22. The summed E-state index contributed by atoms with van der Waals surface area (Å²) in [5, 5.41) is 6.92. The number of hydrogen-bond acceptors (Lipinski definition) is 4. The average molecular weight is 283 g/mol. The summed E-state index contributed by atoms with van der Waals surface area (Å²) in [4.78, 5) is 4.12. The molecule has 2 heterocycles. The molecule has 0 unspecified atom stereocenters. The largest absolute Gasteiger partial charge is 0.337 e. The number of piperidine rings is 1. The fourth-order valence-corrected chi connectivity index (χ4v) is 2.24. The van der Waals surface area contributed by atoms with Gasteiger partial charge in [0, 0.05) is 5.56 Å². The Bertz CT molecular complexity index is 600. The van der Waals surface area contributed by atoms with Gasteiger partial charge in [0.1, 0.15) is 0 Å². The topological polar surface area (TPSA) is 51.0 Å². The summed E-state index contributed by atoms with van der Waals surface area (Å²) in [5.41, 5.74) is 0.0483. The van der Waals surface area contributed by atoms with E-state index in [9.17, 15) is 13.2 Å². The van der Waals surface area contributed by atoms with Crippen molar-refractivity contribution in [2.75, 3.05) is 6.54 Å². The lowest BCUT2D eigenvalue weighted by atomic mass is 10.1. The Morgan fingerprint density at radius 1 is 1.15 bits per heavy atom. The van der Waals surface area contributed by atoms with E-state index in [1.807, 2.05) is 0 Å². The van der Waals surface area contributed by atoms with E-state index in [0.717, 1.165) is 37.9 Å². The van der Waals surface area contributed by atoms with Gasteiger partial charge in [-0.05, 0) is 31.5 Å². The summed E-state index contributed by atoms with van der Waals surface area (Å²) in [6.07, 6.45) is 3.01. The first-order valence-electron chi connectivity index (χ1n) is 6.37. The number of halogens is 3. The van der Waals surface area contributed by atoms with Crippen molar-refractivity contribution in [3.05, 3.63) is 35.5 Å². The highest BCUT2D eigenvalue weighted by atomic mass is 19.2. The molecule has 1 fully saturated rings. The van der Waals surface area contributed by atoms with Gasteiger partial charge in [0.2, 0.25) is 11.7 Å². The van der Waals surface area contributed by atoms with E-state index in [0.29, 0.717) is 5.89 Å². The molecule has 0 radical (unpaired) electrons. The van der Waals surface area contributed by atoms with Crippen LogP contribution in [0.4, 0.5) is 13.2 Å². The molecule has 1 N–H and O–H groups in total. The van der Waals surface area contributed by atoms with Gasteiger partial charge in [0.25, 0.3) is 0 Å². The van der Waals surface area contributed by atoms with E-state index in [2.05, 4.69) is 15.5 Å². The van der Waals surface area contributed by atoms with Crippen LogP contribution in [0.3, 0.4) is 0 Å². The van der Waals surface area contributed by atoms with Crippen molar-refractivity contribution in [1.29, 1.82) is 0 Å². The lowest BCUT2D eigenvalue weighted by Crippen LogP contribution is -2.26. The molecule has 1 aromatic heterocycles. The third kappa shape index (κ3) is 2.40. The monoisotopic (exact) mass is 283 g/mol. The minimum Gasteiger partial charge on any atom is -0.337 e. The molecule has 1 aliphatic heterocycles. The maximum absolute atomic E-state index is 13.2. The fraction of sp³-hybridized carbons (Fsp3) is 0.385. The summed E-state index contributed by atoms with van der Waals surface area (Å²) in [6.45, 7) is 0.863. The summed E-state index contributed by atoms with van der Waals surface area (Å²) < 4.78 is 44.4. The quantitative estimate of drug-likeness (QED) is 0.861. The Morgan fingerprint density at radius 2 is 1.90 bits per heavy atom. The highest BCUT2D eigenvalue weighted by molar-refractivity contribution is 5.54. The number of nitrogens with zero attached hydrogens (tertiary/aromatic N) is 2. The van der Waals surface area contributed by atoms with E-state index < -0.39 is 17.5 Å². The molecule has 1 atom stereocenters. The second kappa shape index (κ2) is 5.24. The second-order valence-corrected chi connectivity index (χ2v) is 4.71. The molecule has 1 aromatic carbocycles. The van der Waals surface area contributed by atoms with Crippen molar-refractivity contribution in [3.63, 3.8) is 0 Å². The molecule has 0 spiro atoms. The van der Waals surface area contributed by atoms with Crippen molar-refractivity contribution in [2.24, 2.45) is 0 Å². The maximum atomic E-state index is 13.2. The van der Waals surface area contributed by atoms with Crippen molar-refractivity contribution < 1.29 is 17.7 Å². The van der Waals surface area contributed by atoms with Crippen LogP contribution in [-0.4, -0.2) is 16.7 Å². The zero-order chi connectivity index (χ0) is 14.1. The first kappa shape index (κ1) is 13.1. The van der Waals surface area contributed by atoms with Gasteiger partial charge in [-0.2, -0.15) is 4.98 Å². The van der Waals surface area contributed by atoms with E-state index in [4.69, 9.17) is 4.52 Å². The van der Waals surface area contributed by atoms with Crippen LogP contribution in [0.2, 0.25) is 0 Å². The van der Waals surface area contributed by atoms with Crippen LogP contribution in [-0.2, 0) is 0 Å². The van der Waals surface area contributed by atoms with Crippen molar-refractivity contribution in [1.82, 2.24) is 15.5 Å². The van der Waals surface area contributed by atoms with Crippen LogP contribution in [0, 0.1) is 17.5 Å². The van der Waals surface area contributed by atoms with Gasteiger partial charge in [-0.3, -0.25) is 0 Å². The second-order valence-electron chi connectivity index (χ2n) is 4.71. The molecule has 3 rings (SSSR count). The van der Waals surface area contributed by atoms with Crippen molar-refractivity contribution in [3.8, 4) is 11.4 Å². The Hall–Kier alpha value is -1.89. The first-order valence-corrected chi connectivity index (χ1v) is 6.37. The molecule has 106 valence electrons. The predicted octanol–water partition coefficient (Wildman–Crippen LogP) is 2.97. The van der Waals surface area contributed by atoms with Gasteiger partial charge in [-0.25, -0.2) is 13.2 Å². The van der Waals surface area contributed by atoms with Gasteiger partial charge in [0.15, 0.2) is 17.5 Å². The van der Waals surface area contributed by atoms with Crippen LogP contribution in [0.5, 0.6) is 0 Å². The minimum atomic E-state index is -1.51. The third-order valence-corrected chi connectivity index (χ3v) is 3.29. The van der Waals surface area contributed by atoms with E-state index in [1.54, 1.807) is 0 Å². The van der Waals surface area contributed by atoms with Gasteiger partial charge in [-0.15, -0.1) is 0 Å². The minimum absolute atomic E-state index is 0.0415. The van der Waals surface area contributed by atoms with Gasteiger partial charge in [-0.1, -0.05) is 11.6 Å². The predicted molar refractivity (Wildman–Crippen MR) is 64.2 cm³/mol. The molecular formula is C13H12F3N3O. The Labute approximate surface area is 113 Å². The van der Waals surface area contributed by atoms with Crippen molar-refractivity contribution >= 4 is 0 Å². The smallest absolute Gasteiger partial charge is 0.244 e. The van der Waals surface area contributed by atoms with Crippen LogP contribution in [0.15, 0.2) is 16.7 Å². The normalized spacial score (nSPS) is 19.2. The molecule has 0 saturated carbocycles. The maximum Gasteiger partial charge on any atom is 0.244 e. The fourth-order valence-electron chi connectivity index (χ4n) is 2.24. The molecule has 0 aliphatic carbocycles. The van der Waals surface area contributed by atoms with Crippen molar-refractivity contribution in [2.45, 2.75) is 25.3 Å². The zero-order valence-corrected chi connectivity index (χ0v) is 10.5. The molecule has 7 heteroatoms. The first-order chi connectivity index (χ1) is 9.65.